The number of benzene rings is 2. The first-order valence-corrected chi connectivity index (χ1v) is 7.32. The molecule has 0 amide bonds. The van der Waals surface area contributed by atoms with Crippen molar-refractivity contribution in [3.8, 4) is 11.1 Å². The van der Waals surface area contributed by atoms with Gasteiger partial charge < -0.3 is 4.74 Å². The molecule has 3 rings (SSSR count). The zero-order valence-electron chi connectivity index (χ0n) is 12.6. The molecular formula is C18H13ClFNO2. The fraction of sp³-hybridized carbons (Fsp3) is 0.111. The van der Waals surface area contributed by atoms with Gasteiger partial charge in [0.15, 0.2) is 0 Å². The summed E-state index contributed by atoms with van der Waals surface area (Å²) in [4.78, 5) is 16.1. The lowest BCUT2D eigenvalue weighted by molar-refractivity contribution is 0.0601. The second kappa shape index (κ2) is 5.97. The van der Waals surface area contributed by atoms with E-state index in [1.165, 1.54) is 13.2 Å². The summed E-state index contributed by atoms with van der Waals surface area (Å²) in [5.41, 5.74) is 3.26. The van der Waals surface area contributed by atoms with Crippen LogP contribution in [0.25, 0.3) is 22.0 Å². The lowest BCUT2D eigenvalue weighted by Gasteiger charge is -2.13. The first-order valence-electron chi connectivity index (χ1n) is 6.95. The molecule has 0 fully saturated rings. The average Bonchev–Trinajstić information content (AvgIpc) is 2.56. The number of rotatable bonds is 2. The van der Waals surface area contributed by atoms with Crippen LogP contribution in [-0.4, -0.2) is 18.1 Å². The minimum atomic E-state index is -0.488. The summed E-state index contributed by atoms with van der Waals surface area (Å²) in [6.45, 7) is 1.87. The number of hydrogen-bond donors (Lipinski definition) is 0. The SMILES string of the molecule is COC(=O)c1ccc2ncc(C)c(-c3cccc(F)c3Cl)c2c1. The highest BCUT2D eigenvalue weighted by atomic mass is 35.5. The minimum absolute atomic E-state index is 0.0478. The van der Waals surface area contributed by atoms with E-state index in [-0.39, 0.29) is 5.02 Å². The van der Waals surface area contributed by atoms with E-state index in [1.807, 2.05) is 6.92 Å². The van der Waals surface area contributed by atoms with Gasteiger partial charge in [-0.25, -0.2) is 9.18 Å². The van der Waals surface area contributed by atoms with Crippen molar-refractivity contribution in [3.05, 3.63) is 64.6 Å². The predicted octanol–water partition coefficient (Wildman–Crippen LogP) is 4.79. The summed E-state index contributed by atoms with van der Waals surface area (Å²) in [6, 6.07) is 9.73. The normalized spacial score (nSPS) is 10.8. The second-order valence-corrected chi connectivity index (χ2v) is 5.52. The Labute approximate surface area is 137 Å². The van der Waals surface area contributed by atoms with E-state index in [4.69, 9.17) is 16.3 Å². The van der Waals surface area contributed by atoms with Gasteiger partial charge in [-0.1, -0.05) is 23.7 Å². The van der Waals surface area contributed by atoms with Gasteiger partial charge >= 0.3 is 5.97 Å². The fourth-order valence-corrected chi connectivity index (χ4v) is 2.81. The molecule has 0 aliphatic carbocycles. The predicted molar refractivity (Wildman–Crippen MR) is 88.2 cm³/mol. The lowest BCUT2D eigenvalue weighted by Crippen LogP contribution is -2.01. The van der Waals surface area contributed by atoms with Crippen molar-refractivity contribution in [1.82, 2.24) is 4.98 Å². The number of aromatic nitrogens is 1. The highest BCUT2D eigenvalue weighted by Crippen LogP contribution is 2.36. The summed E-state index contributed by atoms with van der Waals surface area (Å²) < 4.78 is 18.6. The van der Waals surface area contributed by atoms with Crippen LogP contribution in [0.3, 0.4) is 0 Å². The molecule has 0 radical (unpaired) electrons. The molecule has 0 aliphatic heterocycles. The van der Waals surface area contributed by atoms with Crippen LogP contribution in [0.1, 0.15) is 15.9 Å². The van der Waals surface area contributed by atoms with Crippen molar-refractivity contribution >= 4 is 28.5 Å². The summed E-state index contributed by atoms with van der Waals surface area (Å²) in [5, 5.41) is 0.770. The third-order valence-electron chi connectivity index (χ3n) is 3.70. The lowest BCUT2D eigenvalue weighted by atomic mass is 9.96. The molecule has 0 saturated carbocycles. The first-order chi connectivity index (χ1) is 11.0. The van der Waals surface area contributed by atoms with Gasteiger partial charge in [-0.15, -0.1) is 0 Å². The largest absolute Gasteiger partial charge is 0.465 e. The number of aryl methyl sites for hydroxylation is 1. The van der Waals surface area contributed by atoms with Crippen LogP contribution in [0.4, 0.5) is 4.39 Å². The molecule has 2 aromatic carbocycles. The Kier molecular flexibility index (Phi) is 4.01. The second-order valence-electron chi connectivity index (χ2n) is 5.14. The highest BCUT2D eigenvalue weighted by Gasteiger charge is 2.16. The Bertz CT molecular complexity index is 924. The van der Waals surface area contributed by atoms with Crippen molar-refractivity contribution in [2.24, 2.45) is 0 Å². The molecule has 0 bridgehead atoms. The van der Waals surface area contributed by atoms with Gasteiger partial charge in [0.05, 0.1) is 23.2 Å². The molecule has 5 heteroatoms. The van der Waals surface area contributed by atoms with Gasteiger partial charge in [0.2, 0.25) is 0 Å². The van der Waals surface area contributed by atoms with Crippen molar-refractivity contribution in [2.45, 2.75) is 6.92 Å². The summed E-state index contributed by atoms with van der Waals surface area (Å²) >= 11 is 6.14. The Morgan fingerprint density at radius 2 is 2.04 bits per heavy atom. The van der Waals surface area contributed by atoms with Crippen LogP contribution >= 0.6 is 11.6 Å². The zero-order chi connectivity index (χ0) is 16.6. The van der Waals surface area contributed by atoms with Gasteiger partial charge in [-0.05, 0) is 42.3 Å². The minimum Gasteiger partial charge on any atom is -0.465 e. The zero-order valence-corrected chi connectivity index (χ0v) is 13.3. The van der Waals surface area contributed by atoms with Crippen LogP contribution in [0.15, 0.2) is 42.6 Å². The average molecular weight is 330 g/mol. The monoisotopic (exact) mass is 329 g/mol. The molecule has 3 aromatic rings. The van der Waals surface area contributed by atoms with E-state index in [0.29, 0.717) is 16.6 Å². The molecule has 1 aromatic heterocycles. The molecule has 3 nitrogen and oxygen atoms in total. The van der Waals surface area contributed by atoms with Crippen molar-refractivity contribution < 1.29 is 13.9 Å². The number of halogens is 2. The van der Waals surface area contributed by atoms with E-state index in [9.17, 15) is 9.18 Å². The molecule has 116 valence electrons. The molecular weight excluding hydrogens is 317 g/mol. The van der Waals surface area contributed by atoms with Crippen LogP contribution in [0, 0.1) is 12.7 Å². The number of fused-ring (bicyclic) bond motifs is 1. The number of pyridine rings is 1. The summed E-state index contributed by atoms with van der Waals surface area (Å²) in [5.74, 6) is -0.928. The molecule has 0 aliphatic rings. The number of methoxy groups -OCH3 is 1. The van der Waals surface area contributed by atoms with Gasteiger partial charge in [0, 0.05) is 17.1 Å². The van der Waals surface area contributed by atoms with Crippen LogP contribution in [0.5, 0.6) is 0 Å². The fourth-order valence-electron chi connectivity index (χ4n) is 2.59. The Morgan fingerprint density at radius 3 is 2.78 bits per heavy atom. The molecule has 0 spiro atoms. The summed E-state index contributed by atoms with van der Waals surface area (Å²) in [6.07, 6.45) is 1.71. The van der Waals surface area contributed by atoms with Crippen LogP contribution < -0.4 is 0 Å². The van der Waals surface area contributed by atoms with Gasteiger partial charge in [0.1, 0.15) is 5.82 Å². The maximum absolute atomic E-state index is 13.8. The third-order valence-corrected chi connectivity index (χ3v) is 4.08. The summed E-state index contributed by atoms with van der Waals surface area (Å²) in [7, 11) is 1.32. The van der Waals surface area contributed by atoms with Gasteiger partial charge in [-0.2, -0.15) is 0 Å². The number of esters is 1. The van der Waals surface area contributed by atoms with Crippen molar-refractivity contribution in [1.29, 1.82) is 0 Å². The quantitative estimate of drug-likeness (QED) is 0.634. The van der Waals surface area contributed by atoms with E-state index in [1.54, 1.807) is 36.5 Å². The number of carbonyl (C=O) groups excluding carboxylic acids is 1. The van der Waals surface area contributed by atoms with Crippen LogP contribution in [0.2, 0.25) is 5.02 Å². The smallest absolute Gasteiger partial charge is 0.337 e. The number of ether oxygens (including phenoxy) is 1. The molecule has 1 heterocycles. The van der Waals surface area contributed by atoms with Crippen molar-refractivity contribution in [2.75, 3.05) is 7.11 Å². The molecule has 23 heavy (non-hydrogen) atoms. The van der Waals surface area contributed by atoms with E-state index in [0.717, 1.165) is 16.5 Å². The van der Waals surface area contributed by atoms with E-state index < -0.39 is 11.8 Å². The standard InChI is InChI=1S/C18H13ClFNO2/c1-10-9-21-15-7-6-11(18(22)23-2)8-13(15)16(10)12-4-3-5-14(20)17(12)19/h3-9H,1-2H3. The number of nitrogens with zero attached hydrogens (tertiary/aromatic N) is 1. The maximum Gasteiger partial charge on any atom is 0.337 e. The topological polar surface area (TPSA) is 39.2 Å². The molecule has 0 N–H and O–H groups in total. The molecule has 0 saturated heterocycles. The number of hydrogen-bond acceptors (Lipinski definition) is 3. The number of carbonyl (C=O) groups is 1. The first kappa shape index (κ1) is 15.4. The van der Waals surface area contributed by atoms with Gasteiger partial charge in [-0.3, -0.25) is 4.98 Å². The Balaban J connectivity index is 2.36. The van der Waals surface area contributed by atoms with E-state index in [2.05, 4.69) is 4.98 Å². The maximum atomic E-state index is 13.8. The van der Waals surface area contributed by atoms with Crippen molar-refractivity contribution in [3.63, 3.8) is 0 Å². The van der Waals surface area contributed by atoms with Crippen LogP contribution in [-0.2, 0) is 4.74 Å². The third kappa shape index (κ3) is 2.66. The Morgan fingerprint density at radius 1 is 1.26 bits per heavy atom. The highest BCUT2D eigenvalue weighted by molar-refractivity contribution is 6.34. The molecule has 0 unspecified atom stereocenters. The van der Waals surface area contributed by atoms with Gasteiger partial charge in [0.25, 0.3) is 0 Å². The molecule has 0 atom stereocenters. The Hall–Kier alpha value is -2.46. The van der Waals surface area contributed by atoms with E-state index >= 15 is 0 Å².